The van der Waals surface area contributed by atoms with Crippen LogP contribution in [0.1, 0.15) is 44.2 Å². The van der Waals surface area contributed by atoms with Gasteiger partial charge in [0.05, 0.1) is 4.90 Å². The third kappa shape index (κ3) is 3.70. The van der Waals surface area contributed by atoms with E-state index in [9.17, 15) is 8.42 Å². The Labute approximate surface area is 116 Å². The van der Waals surface area contributed by atoms with Gasteiger partial charge in [0.25, 0.3) is 0 Å². The molecular formula is C14H24N2O2S. The summed E-state index contributed by atoms with van der Waals surface area (Å²) in [5, 5.41) is 0. The van der Waals surface area contributed by atoms with Crippen LogP contribution in [-0.4, -0.2) is 14.5 Å². The first-order valence-corrected chi connectivity index (χ1v) is 8.19. The van der Waals surface area contributed by atoms with Crippen LogP contribution in [0.4, 0.5) is 5.69 Å². The molecule has 0 aromatic heterocycles. The van der Waals surface area contributed by atoms with Crippen molar-refractivity contribution in [3.63, 3.8) is 0 Å². The molecule has 0 saturated carbocycles. The molecule has 0 saturated heterocycles. The molecule has 0 radical (unpaired) electrons. The summed E-state index contributed by atoms with van der Waals surface area (Å²) in [6.07, 6.45) is 2.58. The van der Waals surface area contributed by atoms with E-state index in [4.69, 9.17) is 5.73 Å². The molecular weight excluding hydrogens is 260 g/mol. The van der Waals surface area contributed by atoms with Gasteiger partial charge in [-0.05, 0) is 43.9 Å². The molecule has 1 aromatic rings. The first kappa shape index (κ1) is 16.0. The van der Waals surface area contributed by atoms with Crippen molar-refractivity contribution < 1.29 is 8.42 Å². The van der Waals surface area contributed by atoms with E-state index in [0.717, 1.165) is 24.8 Å². The van der Waals surface area contributed by atoms with Crippen LogP contribution in [-0.2, 0) is 10.0 Å². The van der Waals surface area contributed by atoms with Crippen LogP contribution in [0.2, 0.25) is 0 Å². The van der Waals surface area contributed by atoms with E-state index < -0.39 is 10.0 Å². The lowest BCUT2D eigenvalue weighted by molar-refractivity contribution is 0.512. The van der Waals surface area contributed by atoms with Crippen molar-refractivity contribution in [1.29, 1.82) is 0 Å². The van der Waals surface area contributed by atoms with E-state index in [2.05, 4.69) is 4.72 Å². The molecule has 1 aromatic carbocycles. The number of sulfonamides is 1. The summed E-state index contributed by atoms with van der Waals surface area (Å²) < 4.78 is 27.8. The molecule has 19 heavy (non-hydrogen) atoms. The molecule has 0 aliphatic carbocycles. The lowest BCUT2D eigenvalue weighted by atomic mass is 10.1. The van der Waals surface area contributed by atoms with E-state index >= 15 is 0 Å². The van der Waals surface area contributed by atoms with Gasteiger partial charge in [-0.1, -0.05) is 26.3 Å². The third-order valence-electron chi connectivity index (χ3n) is 3.37. The van der Waals surface area contributed by atoms with Gasteiger partial charge < -0.3 is 5.73 Å². The van der Waals surface area contributed by atoms with E-state index in [0.29, 0.717) is 16.1 Å². The fourth-order valence-corrected chi connectivity index (χ4v) is 4.08. The predicted octanol–water partition coefficient (Wildman–Crippen LogP) is 2.74. The molecule has 0 amide bonds. The largest absolute Gasteiger partial charge is 0.398 e. The molecule has 3 N–H and O–H groups in total. The number of nitrogens with one attached hydrogen (secondary N) is 1. The van der Waals surface area contributed by atoms with Crippen LogP contribution < -0.4 is 10.5 Å². The Hall–Kier alpha value is -1.07. The Morgan fingerprint density at radius 1 is 1.26 bits per heavy atom. The number of anilines is 1. The molecule has 0 heterocycles. The molecule has 4 nitrogen and oxygen atoms in total. The lowest BCUT2D eigenvalue weighted by Gasteiger charge is -2.19. The number of aryl methyl sites for hydroxylation is 1. The van der Waals surface area contributed by atoms with Crippen LogP contribution in [0.3, 0.4) is 0 Å². The van der Waals surface area contributed by atoms with Crippen LogP contribution in [0.25, 0.3) is 0 Å². The minimum atomic E-state index is -3.51. The van der Waals surface area contributed by atoms with Crippen molar-refractivity contribution in [3.8, 4) is 0 Å². The first-order valence-electron chi connectivity index (χ1n) is 6.71. The zero-order chi connectivity index (χ0) is 14.6. The van der Waals surface area contributed by atoms with Crippen LogP contribution in [0, 0.1) is 13.8 Å². The van der Waals surface area contributed by atoms with Crippen molar-refractivity contribution in [2.75, 3.05) is 5.73 Å². The highest BCUT2D eigenvalue weighted by Gasteiger charge is 2.23. The van der Waals surface area contributed by atoms with Crippen molar-refractivity contribution in [2.24, 2.45) is 0 Å². The first-order chi connectivity index (χ1) is 8.83. The summed E-state index contributed by atoms with van der Waals surface area (Å²) in [6, 6.07) is 3.47. The fraction of sp³-hybridized carbons (Fsp3) is 0.571. The second-order valence-electron chi connectivity index (χ2n) is 4.94. The quantitative estimate of drug-likeness (QED) is 0.789. The van der Waals surface area contributed by atoms with Gasteiger partial charge in [-0.3, -0.25) is 0 Å². The maximum Gasteiger partial charge on any atom is 0.241 e. The highest BCUT2D eigenvalue weighted by molar-refractivity contribution is 7.89. The van der Waals surface area contributed by atoms with Gasteiger partial charge in [-0.25, -0.2) is 13.1 Å². The van der Waals surface area contributed by atoms with E-state index in [1.807, 2.05) is 13.8 Å². The van der Waals surface area contributed by atoms with Crippen molar-refractivity contribution >= 4 is 15.7 Å². The summed E-state index contributed by atoms with van der Waals surface area (Å²) in [7, 11) is -3.51. The van der Waals surface area contributed by atoms with E-state index in [-0.39, 0.29) is 6.04 Å². The molecule has 1 atom stereocenters. The van der Waals surface area contributed by atoms with Gasteiger partial charge in [-0.15, -0.1) is 0 Å². The Bertz CT molecular complexity index is 539. The average molecular weight is 284 g/mol. The molecule has 1 rings (SSSR count). The van der Waals surface area contributed by atoms with Gasteiger partial charge in [0, 0.05) is 11.7 Å². The van der Waals surface area contributed by atoms with Gasteiger partial charge >= 0.3 is 0 Å². The third-order valence-corrected chi connectivity index (χ3v) is 5.17. The second-order valence-corrected chi connectivity index (χ2v) is 6.59. The summed E-state index contributed by atoms with van der Waals surface area (Å²) in [4.78, 5) is 0.321. The molecule has 5 heteroatoms. The number of nitrogen functional groups attached to an aromatic ring is 1. The number of rotatable bonds is 6. The Morgan fingerprint density at radius 2 is 1.89 bits per heavy atom. The summed E-state index contributed by atoms with van der Waals surface area (Å²) in [5.74, 6) is 0. The van der Waals surface area contributed by atoms with Gasteiger partial charge in [-0.2, -0.15) is 0 Å². The molecule has 0 spiro atoms. The van der Waals surface area contributed by atoms with Crippen molar-refractivity contribution in [2.45, 2.75) is 57.9 Å². The minimum Gasteiger partial charge on any atom is -0.398 e. The SMILES string of the molecule is CCCC(CC)NS(=O)(=O)c1c(C)ccc(N)c1C. The van der Waals surface area contributed by atoms with Crippen molar-refractivity contribution in [1.82, 2.24) is 4.72 Å². The summed E-state index contributed by atoms with van der Waals surface area (Å²) >= 11 is 0. The average Bonchev–Trinajstić information content (AvgIpc) is 2.33. The topological polar surface area (TPSA) is 72.2 Å². The summed E-state index contributed by atoms with van der Waals surface area (Å²) in [5.41, 5.74) is 7.68. The van der Waals surface area contributed by atoms with E-state index in [1.165, 1.54) is 0 Å². The zero-order valence-electron chi connectivity index (χ0n) is 12.2. The highest BCUT2D eigenvalue weighted by atomic mass is 32.2. The predicted molar refractivity (Wildman–Crippen MR) is 79.6 cm³/mol. The molecule has 0 fully saturated rings. The monoisotopic (exact) mass is 284 g/mol. The molecule has 0 bridgehead atoms. The molecule has 0 aliphatic heterocycles. The Kier molecular flexibility index (Phi) is 5.38. The molecule has 0 aliphatic rings. The fourth-order valence-electron chi connectivity index (χ4n) is 2.23. The number of benzene rings is 1. The van der Waals surface area contributed by atoms with Gasteiger partial charge in [0.2, 0.25) is 10.0 Å². The second kappa shape index (κ2) is 6.39. The maximum absolute atomic E-state index is 12.5. The Morgan fingerprint density at radius 3 is 2.42 bits per heavy atom. The normalized spacial score (nSPS) is 13.5. The van der Waals surface area contributed by atoms with Crippen LogP contribution in [0.15, 0.2) is 17.0 Å². The molecule has 108 valence electrons. The van der Waals surface area contributed by atoms with Crippen LogP contribution >= 0.6 is 0 Å². The zero-order valence-corrected chi connectivity index (χ0v) is 13.0. The number of hydrogen-bond donors (Lipinski definition) is 2. The van der Waals surface area contributed by atoms with Gasteiger partial charge in [0.1, 0.15) is 0 Å². The number of hydrogen-bond acceptors (Lipinski definition) is 3. The van der Waals surface area contributed by atoms with Crippen LogP contribution in [0.5, 0.6) is 0 Å². The maximum atomic E-state index is 12.5. The highest BCUT2D eigenvalue weighted by Crippen LogP contribution is 2.25. The molecule has 1 unspecified atom stereocenters. The van der Waals surface area contributed by atoms with Gasteiger partial charge in [0.15, 0.2) is 0 Å². The number of nitrogens with two attached hydrogens (primary N) is 1. The Balaban J connectivity index is 3.17. The summed E-state index contributed by atoms with van der Waals surface area (Å²) in [6.45, 7) is 7.58. The standard InChI is InChI=1S/C14H24N2O2S/c1-5-7-12(6-2)16-19(17,18)14-10(3)8-9-13(15)11(14)4/h8-9,12,16H,5-7,15H2,1-4H3. The van der Waals surface area contributed by atoms with E-state index in [1.54, 1.807) is 26.0 Å². The smallest absolute Gasteiger partial charge is 0.241 e. The lowest BCUT2D eigenvalue weighted by Crippen LogP contribution is -2.35. The minimum absolute atomic E-state index is 0.0183. The van der Waals surface area contributed by atoms with Crippen molar-refractivity contribution in [3.05, 3.63) is 23.3 Å².